The van der Waals surface area contributed by atoms with Crippen molar-refractivity contribution in [1.82, 2.24) is 10.2 Å². The molecule has 0 spiro atoms. The summed E-state index contributed by atoms with van der Waals surface area (Å²) in [6.45, 7) is 5.29. The number of amides is 1. The third-order valence-corrected chi connectivity index (χ3v) is 3.96. The number of carbonyl (C=O) groups excluding carboxylic acids is 1. The second-order valence-corrected chi connectivity index (χ2v) is 5.62. The van der Waals surface area contributed by atoms with Crippen molar-refractivity contribution in [3.8, 4) is 0 Å². The highest BCUT2D eigenvalue weighted by atomic mass is 16.2. The second kappa shape index (κ2) is 5.72. The van der Waals surface area contributed by atoms with Gasteiger partial charge in [-0.2, -0.15) is 0 Å². The van der Waals surface area contributed by atoms with Crippen LogP contribution in [0.15, 0.2) is 24.3 Å². The van der Waals surface area contributed by atoms with Gasteiger partial charge in [0.1, 0.15) is 0 Å². The lowest BCUT2D eigenvalue weighted by Gasteiger charge is -2.22. The number of nitrogens with one attached hydrogen (secondary N) is 1. The van der Waals surface area contributed by atoms with Crippen LogP contribution in [-0.4, -0.2) is 30.9 Å². The van der Waals surface area contributed by atoms with Gasteiger partial charge in [0, 0.05) is 26.7 Å². The highest BCUT2D eigenvalue weighted by Crippen LogP contribution is 2.30. The number of nitrogens with two attached hydrogens (primary N) is 1. The molecule has 0 aliphatic carbocycles. The van der Waals surface area contributed by atoms with Crippen LogP contribution in [0.25, 0.3) is 0 Å². The number of hydrogen-bond donors (Lipinski definition) is 2. The predicted molar refractivity (Wildman–Crippen MR) is 76.4 cm³/mol. The van der Waals surface area contributed by atoms with Gasteiger partial charge in [-0.05, 0) is 31.0 Å². The first-order valence-corrected chi connectivity index (χ1v) is 6.80. The monoisotopic (exact) mass is 261 g/mol. The number of hydrogen-bond acceptors (Lipinski definition) is 3. The van der Waals surface area contributed by atoms with E-state index in [-0.39, 0.29) is 11.3 Å². The smallest absolute Gasteiger partial charge is 0.227 e. The zero-order valence-electron chi connectivity index (χ0n) is 11.8. The van der Waals surface area contributed by atoms with Crippen LogP contribution in [0.1, 0.15) is 24.5 Å². The molecule has 1 aliphatic heterocycles. The standard InChI is InChI=1S/C15H23N3O/c1-15(14(19)17-2)6-7-18(11-15)10-13-5-3-4-12(8-13)9-16/h3-5,8H,6-7,9-11,16H2,1-2H3,(H,17,19). The zero-order chi connectivity index (χ0) is 13.9. The van der Waals surface area contributed by atoms with Gasteiger partial charge in [0.15, 0.2) is 0 Å². The topological polar surface area (TPSA) is 58.4 Å². The van der Waals surface area contributed by atoms with Gasteiger partial charge in [-0.15, -0.1) is 0 Å². The molecule has 1 aromatic rings. The fraction of sp³-hybridized carbons (Fsp3) is 0.533. The quantitative estimate of drug-likeness (QED) is 0.853. The molecule has 3 N–H and O–H groups in total. The Bertz CT molecular complexity index is 460. The van der Waals surface area contributed by atoms with E-state index in [0.717, 1.165) is 31.6 Å². The first kappa shape index (κ1) is 14.0. The maximum Gasteiger partial charge on any atom is 0.227 e. The van der Waals surface area contributed by atoms with Gasteiger partial charge in [-0.25, -0.2) is 0 Å². The van der Waals surface area contributed by atoms with Crippen LogP contribution in [-0.2, 0) is 17.9 Å². The van der Waals surface area contributed by atoms with E-state index in [1.165, 1.54) is 5.56 Å². The molecule has 1 heterocycles. The highest BCUT2D eigenvalue weighted by Gasteiger charge is 2.39. The average Bonchev–Trinajstić information content (AvgIpc) is 2.80. The third kappa shape index (κ3) is 3.14. The average molecular weight is 261 g/mol. The summed E-state index contributed by atoms with van der Waals surface area (Å²) in [5.41, 5.74) is 7.84. The largest absolute Gasteiger partial charge is 0.359 e. The number of carbonyl (C=O) groups is 1. The Labute approximate surface area is 115 Å². The fourth-order valence-electron chi connectivity index (χ4n) is 2.79. The molecule has 0 radical (unpaired) electrons. The van der Waals surface area contributed by atoms with E-state index in [0.29, 0.717) is 6.54 Å². The van der Waals surface area contributed by atoms with E-state index in [1.807, 2.05) is 19.1 Å². The Morgan fingerprint density at radius 2 is 2.21 bits per heavy atom. The molecule has 4 heteroatoms. The maximum atomic E-state index is 11.9. The molecule has 1 aromatic carbocycles. The summed E-state index contributed by atoms with van der Waals surface area (Å²) in [5.74, 6) is 0.144. The molecule has 0 bridgehead atoms. The van der Waals surface area contributed by atoms with E-state index < -0.39 is 0 Å². The number of rotatable bonds is 4. The fourth-order valence-corrected chi connectivity index (χ4v) is 2.79. The molecule has 1 amide bonds. The van der Waals surface area contributed by atoms with Crippen LogP contribution in [0.2, 0.25) is 0 Å². The summed E-state index contributed by atoms with van der Waals surface area (Å²) >= 11 is 0. The number of benzene rings is 1. The Morgan fingerprint density at radius 3 is 2.89 bits per heavy atom. The molecule has 1 unspecified atom stereocenters. The highest BCUT2D eigenvalue weighted by molar-refractivity contribution is 5.82. The van der Waals surface area contributed by atoms with Gasteiger partial charge < -0.3 is 11.1 Å². The Balaban J connectivity index is 2.00. The molecular weight excluding hydrogens is 238 g/mol. The summed E-state index contributed by atoms with van der Waals surface area (Å²) in [4.78, 5) is 14.2. The Hall–Kier alpha value is -1.39. The predicted octanol–water partition coefficient (Wildman–Crippen LogP) is 1.10. The van der Waals surface area contributed by atoms with Gasteiger partial charge in [-0.1, -0.05) is 24.3 Å². The van der Waals surface area contributed by atoms with Crippen molar-refractivity contribution < 1.29 is 4.79 Å². The van der Waals surface area contributed by atoms with Crippen molar-refractivity contribution in [3.63, 3.8) is 0 Å². The lowest BCUT2D eigenvalue weighted by molar-refractivity contribution is -0.129. The molecule has 104 valence electrons. The van der Waals surface area contributed by atoms with Crippen molar-refractivity contribution in [2.45, 2.75) is 26.4 Å². The van der Waals surface area contributed by atoms with E-state index in [2.05, 4.69) is 22.3 Å². The summed E-state index contributed by atoms with van der Waals surface area (Å²) in [6, 6.07) is 8.36. The number of likely N-dealkylation sites (tertiary alicyclic amines) is 1. The summed E-state index contributed by atoms with van der Waals surface area (Å²) < 4.78 is 0. The SMILES string of the molecule is CNC(=O)C1(C)CCN(Cc2cccc(CN)c2)C1. The van der Waals surface area contributed by atoms with E-state index in [1.54, 1.807) is 7.05 Å². The van der Waals surface area contributed by atoms with Crippen molar-refractivity contribution in [2.75, 3.05) is 20.1 Å². The van der Waals surface area contributed by atoms with Gasteiger partial charge in [0.05, 0.1) is 5.41 Å². The minimum atomic E-state index is -0.250. The Kier molecular flexibility index (Phi) is 4.22. The molecular formula is C15H23N3O. The lowest BCUT2D eigenvalue weighted by atomic mass is 9.89. The van der Waals surface area contributed by atoms with Crippen molar-refractivity contribution >= 4 is 5.91 Å². The molecule has 4 nitrogen and oxygen atoms in total. The van der Waals surface area contributed by atoms with Gasteiger partial charge >= 0.3 is 0 Å². The maximum absolute atomic E-state index is 11.9. The van der Waals surface area contributed by atoms with Crippen LogP contribution in [0, 0.1) is 5.41 Å². The molecule has 1 saturated heterocycles. The zero-order valence-corrected chi connectivity index (χ0v) is 11.8. The van der Waals surface area contributed by atoms with Crippen LogP contribution < -0.4 is 11.1 Å². The van der Waals surface area contributed by atoms with Crippen molar-refractivity contribution in [2.24, 2.45) is 11.1 Å². The molecule has 1 fully saturated rings. The number of nitrogens with zero attached hydrogens (tertiary/aromatic N) is 1. The normalized spacial score (nSPS) is 23.5. The molecule has 1 atom stereocenters. The van der Waals surface area contributed by atoms with Crippen LogP contribution in [0.5, 0.6) is 0 Å². The van der Waals surface area contributed by atoms with Gasteiger partial charge in [0.25, 0.3) is 0 Å². The molecule has 19 heavy (non-hydrogen) atoms. The summed E-state index contributed by atoms with van der Waals surface area (Å²) in [6.07, 6.45) is 0.920. The molecule has 0 aromatic heterocycles. The first-order valence-electron chi connectivity index (χ1n) is 6.80. The van der Waals surface area contributed by atoms with Crippen LogP contribution >= 0.6 is 0 Å². The van der Waals surface area contributed by atoms with Gasteiger partial charge in [0.2, 0.25) is 5.91 Å². The third-order valence-electron chi connectivity index (χ3n) is 3.96. The van der Waals surface area contributed by atoms with E-state index >= 15 is 0 Å². The van der Waals surface area contributed by atoms with E-state index in [4.69, 9.17) is 5.73 Å². The van der Waals surface area contributed by atoms with Gasteiger partial charge in [-0.3, -0.25) is 9.69 Å². The molecule has 2 rings (SSSR count). The first-order chi connectivity index (χ1) is 9.07. The van der Waals surface area contributed by atoms with Crippen LogP contribution in [0.3, 0.4) is 0 Å². The Morgan fingerprint density at radius 1 is 1.47 bits per heavy atom. The van der Waals surface area contributed by atoms with Crippen molar-refractivity contribution in [3.05, 3.63) is 35.4 Å². The minimum Gasteiger partial charge on any atom is -0.359 e. The lowest BCUT2D eigenvalue weighted by Crippen LogP contribution is -2.39. The summed E-state index contributed by atoms with van der Waals surface area (Å²) in [5, 5.41) is 2.77. The minimum absolute atomic E-state index is 0.144. The summed E-state index contributed by atoms with van der Waals surface area (Å²) in [7, 11) is 1.71. The molecule has 0 saturated carbocycles. The second-order valence-electron chi connectivity index (χ2n) is 5.62. The van der Waals surface area contributed by atoms with Crippen molar-refractivity contribution in [1.29, 1.82) is 0 Å². The van der Waals surface area contributed by atoms with E-state index in [9.17, 15) is 4.79 Å². The molecule has 1 aliphatic rings. The van der Waals surface area contributed by atoms with Crippen LogP contribution in [0.4, 0.5) is 0 Å².